The highest BCUT2D eigenvalue weighted by Gasteiger charge is 2.17. The molecular weight excluding hydrogens is 330 g/mol. The Hall–Kier alpha value is -1.43. The van der Waals surface area contributed by atoms with E-state index >= 15 is 0 Å². The van der Waals surface area contributed by atoms with E-state index in [4.69, 9.17) is 10.6 Å². The van der Waals surface area contributed by atoms with Crippen LogP contribution in [0.1, 0.15) is 28.4 Å². The first kappa shape index (κ1) is 15.9. The second kappa shape index (κ2) is 7.02. The Kier molecular flexibility index (Phi) is 5.33. The minimum Gasteiger partial charge on any atom is -0.496 e. The summed E-state index contributed by atoms with van der Waals surface area (Å²) in [4.78, 5) is 4.54. The Balaban J connectivity index is 2.34. The Morgan fingerprint density at radius 1 is 1.33 bits per heavy atom. The molecule has 0 fully saturated rings. The molecule has 4 nitrogen and oxygen atoms in total. The fourth-order valence-electron chi connectivity index (χ4n) is 2.49. The summed E-state index contributed by atoms with van der Waals surface area (Å²) in [5.74, 6) is 6.63. The highest BCUT2D eigenvalue weighted by molar-refractivity contribution is 9.10. The molecule has 0 spiro atoms. The maximum atomic E-state index is 5.74. The number of benzene rings is 1. The van der Waals surface area contributed by atoms with E-state index < -0.39 is 0 Å². The van der Waals surface area contributed by atoms with Gasteiger partial charge in [-0.2, -0.15) is 0 Å². The maximum Gasteiger partial charge on any atom is 0.128 e. The van der Waals surface area contributed by atoms with Crippen LogP contribution in [0.15, 0.2) is 34.9 Å². The minimum atomic E-state index is -0.0146. The molecule has 0 amide bonds. The predicted octanol–water partition coefficient (Wildman–Crippen LogP) is 3.22. The molecule has 21 heavy (non-hydrogen) atoms. The first-order valence-corrected chi connectivity index (χ1v) is 7.57. The van der Waals surface area contributed by atoms with Gasteiger partial charge in [0.2, 0.25) is 0 Å². The van der Waals surface area contributed by atoms with Crippen molar-refractivity contribution in [3.63, 3.8) is 0 Å². The van der Waals surface area contributed by atoms with Crippen molar-refractivity contribution in [2.75, 3.05) is 7.11 Å². The van der Waals surface area contributed by atoms with E-state index in [9.17, 15) is 0 Å². The molecule has 0 aliphatic rings. The van der Waals surface area contributed by atoms with Gasteiger partial charge >= 0.3 is 0 Å². The summed E-state index contributed by atoms with van der Waals surface area (Å²) in [5, 5.41) is 0. The van der Waals surface area contributed by atoms with Crippen molar-refractivity contribution in [1.29, 1.82) is 0 Å². The lowest BCUT2D eigenvalue weighted by atomic mass is 9.99. The lowest BCUT2D eigenvalue weighted by molar-refractivity contribution is 0.406. The quantitative estimate of drug-likeness (QED) is 0.642. The molecule has 5 heteroatoms. The van der Waals surface area contributed by atoms with E-state index in [1.165, 1.54) is 0 Å². The highest BCUT2D eigenvalue weighted by atomic mass is 79.9. The summed E-state index contributed by atoms with van der Waals surface area (Å²) < 4.78 is 6.49. The average Bonchev–Trinajstić information content (AvgIpc) is 2.48. The molecule has 1 aromatic heterocycles. The first-order valence-electron chi connectivity index (χ1n) is 6.78. The SMILES string of the molecule is COc1c(C)cnc(CC(NN)c2ccccc2Br)c1C. The number of nitrogens with two attached hydrogens (primary N) is 1. The van der Waals surface area contributed by atoms with Crippen molar-refractivity contribution in [3.05, 3.63) is 57.3 Å². The zero-order valence-electron chi connectivity index (χ0n) is 12.5. The topological polar surface area (TPSA) is 60.2 Å². The van der Waals surface area contributed by atoms with Crippen molar-refractivity contribution < 1.29 is 4.74 Å². The summed E-state index contributed by atoms with van der Waals surface area (Å²) in [5.41, 5.74) is 7.07. The van der Waals surface area contributed by atoms with Gasteiger partial charge in [-0.05, 0) is 25.5 Å². The van der Waals surface area contributed by atoms with Gasteiger partial charge in [-0.15, -0.1) is 0 Å². The standard InChI is InChI=1S/C16H20BrN3O/c1-10-9-19-14(11(2)16(10)21-3)8-15(20-18)12-6-4-5-7-13(12)17/h4-7,9,15,20H,8,18H2,1-3H3. The third-order valence-corrected chi connectivity index (χ3v) is 4.35. The number of hydrogen-bond donors (Lipinski definition) is 2. The summed E-state index contributed by atoms with van der Waals surface area (Å²) >= 11 is 3.57. The minimum absolute atomic E-state index is 0.0146. The van der Waals surface area contributed by atoms with Crippen molar-refractivity contribution in [2.24, 2.45) is 5.84 Å². The van der Waals surface area contributed by atoms with Gasteiger partial charge in [0.25, 0.3) is 0 Å². The molecule has 0 aliphatic carbocycles. The first-order chi connectivity index (χ1) is 10.1. The fraction of sp³-hybridized carbons (Fsp3) is 0.312. The number of methoxy groups -OCH3 is 1. The molecule has 1 aromatic carbocycles. The van der Waals surface area contributed by atoms with E-state index in [1.807, 2.05) is 38.2 Å². The van der Waals surface area contributed by atoms with Gasteiger partial charge in [0.1, 0.15) is 5.75 Å². The van der Waals surface area contributed by atoms with Crippen molar-refractivity contribution in [3.8, 4) is 5.75 Å². The number of aryl methyl sites for hydroxylation is 1. The Labute approximate surface area is 133 Å². The van der Waals surface area contributed by atoms with Gasteiger partial charge in [0.15, 0.2) is 0 Å². The number of hydrazine groups is 1. The monoisotopic (exact) mass is 349 g/mol. The van der Waals surface area contributed by atoms with Crippen LogP contribution in [0.25, 0.3) is 0 Å². The molecule has 0 aliphatic heterocycles. The van der Waals surface area contributed by atoms with Crippen LogP contribution in [0.5, 0.6) is 5.75 Å². The molecule has 0 bridgehead atoms. The lowest BCUT2D eigenvalue weighted by Gasteiger charge is -2.19. The molecule has 2 aromatic rings. The van der Waals surface area contributed by atoms with Gasteiger partial charge in [-0.3, -0.25) is 16.3 Å². The highest BCUT2D eigenvalue weighted by Crippen LogP contribution is 2.29. The van der Waals surface area contributed by atoms with Gasteiger partial charge in [0, 0.05) is 33.9 Å². The Morgan fingerprint density at radius 3 is 2.67 bits per heavy atom. The average molecular weight is 350 g/mol. The van der Waals surface area contributed by atoms with Crippen LogP contribution >= 0.6 is 15.9 Å². The lowest BCUT2D eigenvalue weighted by Crippen LogP contribution is -2.30. The second-order valence-corrected chi connectivity index (χ2v) is 5.85. The van der Waals surface area contributed by atoms with Crippen LogP contribution in [-0.4, -0.2) is 12.1 Å². The largest absolute Gasteiger partial charge is 0.496 e. The van der Waals surface area contributed by atoms with Crippen molar-refractivity contribution >= 4 is 15.9 Å². The van der Waals surface area contributed by atoms with Crippen LogP contribution in [0, 0.1) is 13.8 Å². The molecule has 0 radical (unpaired) electrons. The third-order valence-electron chi connectivity index (χ3n) is 3.63. The van der Waals surface area contributed by atoms with Crippen LogP contribution < -0.4 is 16.0 Å². The Morgan fingerprint density at radius 2 is 2.05 bits per heavy atom. The number of ether oxygens (including phenoxy) is 1. The maximum absolute atomic E-state index is 5.74. The number of nitrogens with one attached hydrogen (secondary N) is 1. The third kappa shape index (κ3) is 3.43. The molecule has 3 N–H and O–H groups in total. The van der Waals surface area contributed by atoms with E-state index in [0.717, 1.165) is 32.6 Å². The summed E-state index contributed by atoms with van der Waals surface area (Å²) in [7, 11) is 1.69. The van der Waals surface area contributed by atoms with Crippen LogP contribution in [0.2, 0.25) is 0 Å². The fourth-order valence-corrected chi connectivity index (χ4v) is 3.05. The zero-order chi connectivity index (χ0) is 15.4. The molecule has 112 valence electrons. The zero-order valence-corrected chi connectivity index (χ0v) is 14.1. The van der Waals surface area contributed by atoms with Gasteiger partial charge in [0.05, 0.1) is 13.2 Å². The summed E-state index contributed by atoms with van der Waals surface area (Å²) in [6.07, 6.45) is 2.54. The van der Waals surface area contributed by atoms with E-state index in [0.29, 0.717) is 6.42 Å². The molecule has 1 heterocycles. The number of halogens is 1. The van der Waals surface area contributed by atoms with E-state index in [-0.39, 0.29) is 6.04 Å². The normalized spacial score (nSPS) is 12.2. The van der Waals surface area contributed by atoms with Gasteiger partial charge < -0.3 is 4.74 Å². The molecule has 0 saturated carbocycles. The molecule has 2 rings (SSSR count). The molecule has 1 unspecified atom stereocenters. The predicted molar refractivity (Wildman–Crippen MR) is 88.2 cm³/mol. The summed E-state index contributed by atoms with van der Waals surface area (Å²) in [6, 6.07) is 8.03. The van der Waals surface area contributed by atoms with E-state index in [1.54, 1.807) is 7.11 Å². The van der Waals surface area contributed by atoms with Crippen LogP contribution in [0.3, 0.4) is 0 Å². The van der Waals surface area contributed by atoms with Gasteiger partial charge in [-0.1, -0.05) is 34.1 Å². The number of hydrogen-bond acceptors (Lipinski definition) is 4. The van der Waals surface area contributed by atoms with Crippen molar-refractivity contribution in [1.82, 2.24) is 10.4 Å². The number of pyridine rings is 1. The number of nitrogens with zero attached hydrogens (tertiary/aromatic N) is 1. The second-order valence-electron chi connectivity index (χ2n) is 4.99. The Bertz CT molecular complexity index is 631. The van der Waals surface area contributed by atoms with Crippen LogP contribution in [-0.2, 0) is 6.42 Å². The van der Waals surface area contributed by atoms with E-state index in [2.05, 4.69) is 32.4 Å². The summed E-state index contributed by atoms with van der Waals surface area (Å²) in [6.45, 7) is 4.02. The van der Waals surface area contributed by atoms with Gasteiger partial charge in [-0.25, -0.2) is 0 Å². The smallest absolute Gasteiger partial charge is 0.128 e. The number of rotatable bonds is 5. The molecular formula is C16H20BrN3O. The number of aromatic nitrogens is 1. The van der Waals surface area contributed by atoms with Crippen LogP contribution in [0.4, 0.5) is 0 Å². The molecule has 1 atom stereocenters. The van der Waals surface area contributed by atoms with Crippen molar-refractivity contribution in [2.45, 2.75) is 26.3 Å². The molecule has 0 saturated heterocycles.